The van der Waals surface area contributed by atoms with Gasteiger partial charge in [-0.1, -0.05) is 31.6 Å². The van der Waals surface area contributed by atoms with E-state index in [1.807, 2.05) is 16.5 Å². The van der Waals surface area contributed by atoms with Crippen LogP contribution in [0.2, 0.25) is 0 Å². The second kappa shape index (κ2) is 9.85. The largest absolute Gasteiger partial charge is 0.335 e. The minimum Gasteiger partial charge on any atom is -0.335 e. The summed E-state index contributed by atoms with van der Waals surface area (Å²) >= 11 is 1.47. The van der Waals surface area contributed by atoms with Gasteiger partial charge in [-0.05, 0) is 45.7 Å². The van der Waals surface area contributed by atoms with Crippen LogP contribution in [-0.2, 0) is 6.42 Å². The highest BCUT2D eigenvalue weighted by molar-refractivity contribution is 7.16. The first-order valence-electron chi connectivity index (χ1n) is 10.0. The molecule has 0 N–H and O–H groups in total. The van der Waals surface area contributed by atoms with Crippen LogP contribution in [-0.4, -0.2) is 63.2 Å². The molecule has 0 spiro atoms. The Morgan fingerprint density at radius 2 is 1.75 bits per heavy atom. The average Bonchev–Trinajstić information content (AvgIpc) is 3.19. The molecule has 1 aliphatic heterocycles. The summed E-state index contributed by atoms with van der Waals surface area (Å²) in [7, 11) is 0. The van der Waals surface area contributed by atoms with Crippen molar-refractivity contribution in [3.8, 4) is 5.13 Å². The van der Waals surface area contributed by atoms with Crippen LogP contribution in [0.1, 0.15) is 59.0 Å². The Labute approximate surface area is 178 Å². The highest BCUT2D eigenvalue weighted by atomic mass is 35.5. The van der Waals surface area contributed by atoms with E-state index in [1.165, 1.54) is 23.3 Å². The van der Waals surface area contributed by atoms with E-state index in [4.69, 9.17) is 5.10 Å². The SMILES string of the molecule is CCCCc1c(C)nn(-c2nc(C)c(C(=O)N3CCN(CC)CC3)s2)c1C.Cl. The molecule has 3 heterocycles. The van der Waals surface area contributed by atoms with Gasteiger partial charge in [-0.3, -0.25) is 4.79 Å². The summed E-state index contributed by atoms with van der Waals surface area (Å²) in [4.78, 5) is 22.8. The van der Waals surface area contributed by atoms with Crippen molar-refractivity contribution in [1.29, 1.82) is 0 Å². The number of rotatable bonds is 6. The molecule has 6 nitrogen and oxygen atoms in total. The first-order chi connectivity index (χ1) is 13.0. The Morgan fingerprint density at radius 1 is 1.07 bits per heavy atom. The predicted molar refractivity (Wildman–Crippen MR) is 117 cm³/mol. The molecule has 156 valence electrons. The van der Waals surface area contributed by atoms with Gasteiger partial charge in [0.25, 0.3) is 5.91 Å². The number of halogens is 1. The number of carbonyl (C=O) groups excluding carboxylic acids is 1. The third kappa shape index (κ3) is 4.58. The zero-order valence-electron chi connectivity index (χ0n) is 17.6. The van der Waals surface area contributed by atoms with E-state index in [0.29, 0.717) is 0 Å². The molecular weight excluding hydrogens is 394 g/mol. The Kier molecular flexibility index (Phi) is 8.04. The van der Waals surface area contributed by atoms with Gasteiger partial charge in [0.1, 0.15) is 4.88 Å². The highest BCUT2D eigenvalue weighted by Gasteiger charge is 2.26. The van der Waals surface area contributed by atoms with Crippen molar-refractivity contribution in [3.63, 3.8) is 0 Å². The fourth-order valence-electron chi connectivity index (χ4n) is 3.66. The topological polar surface area (TPSA) is 54.3 Å². The summed E-state index contributed by atoms with van der Waals surface area (Å²) < 4.78 is 1.92. The van der Waals surface area contributed by atoms with Crippen molar-refractivity contribution >= 4 is 29.7 Å². The van der Waals surface area contributed by atoms with E-state index >= 15 is 0 Å². The predicted octanol–water partition coefficient (Wildman–Crippen LogP) is 3.80. The van der Waals surface area contributed by atoms with Gasteiger partial charge in [-0.15, -0.1) is 12.4 Å². The molecule has 0 bridgehead atoms. The second-order valence-corrected chi connectivity index (χ2v) is 8.28. The van der Waals surface area contributed by atoms with Gasteiger partial charge in [0.2, 0.25) is 5.13 Å². The fourth-order valence-corrected chi connectivity index (χ4v) is 4.70. The monoisotopic (exact) mass is 425 g/mol. The molecule has 1 saturated heterocycles. The van der Waals surface area contributed by atoms with E-state index in [-0.39, 0.29) is 18.3 Å². The fraction of sp³-hybridized carbons (Fsp3) is 0.650. The third-order valence-corrected chi connectivity index (χ3v) is 6.61. The number of amides is 1. The van der Waals surface area contributed by atoms with Crippen LogP contribution < -0.4 is 0 Å². The van der Waals surface area contributed by atoms with Crippen LogP contribution in [0.3, 0.4) is 0 Å². The zero-order chi connectivity index (χ0) is 19.6. The van der Waals surface area contributed by atoms with E-state index in [9.17, 15) is 4.79 Å². The van der Waals surface area contributed by atoms with Gasteiger partial charge in [0.05, 0.1) is 11.4 Å². The van der Waals surface area contributed by atoms with Crippen LogP contribution in [0, 0.1) is 20.8 Å². The van der Waals surface area contributed by atoms with Gasteiger partial charge in [-0.2, -0.15) is 5.10 Å². The van der Waals surface area contributed by atoms with Crippen LogP contribution in [0.5, 0.6) is 0 Å². The molecule has 1 aliphatic rings. The molecule has 1 fully saturated rings. The molecule has 0 radical (unpaired) electrons. The number of carbonyl (C=O) groups is 1. The second-order valence-electron chi connectivity index (χ2n) is 7.30. The van der Waals surface area contributed by atoms with Gasteiger partial charge < -0.3 is 9.80 Å². The van der Waals surface area contributed by atoms with Crippen LogP contribution in [0.4, 0.5) is 0 Å². The van der Waals surface area contributed by atoms with E-state index in [0.717, 1.165) is 72.7 Å². The molecule has 28 heavy (non-hydrogen) atoms. The van der Waals surface area contributed by atoms with Crippen molar-refractivity contribution in [1.82, 2.24) is 24.6 Å². The number of thiazole rings is 1. The quantitative estimate of drug-likeness (QED) is 0.706. The van der Waals surface area contributed by atoms with Crippen molar-refractivity contribution in [2.45, 2.75) is 53.9 Å². The summed E-state index contributed by atoms with van der Waals surface area (Å²) in [6.07, 6.45) is 3.38. The number of aromatic nitrogens is 3. The summed E-state index contributed by atoms with van der Waals surface area (Å²) in [5.41, 5.74) is 4.33. The Balaban J connectivity index is 0.00000280. The standard InChI is InChI=1S/C20H31N5OS.ClH/c1-6-8-9-17-14(3)22-25(16(17)5)20-21-15(4)18(27-20)19(26)24-12-10-23(7-2)11-13-24;/h6-13H2,1-5H3;1H. The third-order valence-electron chi connectivity index (χ3n) is 5.49. The lowest BCUT2D eigenvalue weighted by atomic mass is 10.1. The number of aryl methyl sites for hydroxylation is 2. The molecule has 1 amide bonds. The minimum atomic E-state index is 0. The number of hydrogen-bond acceptors (Lipinski definition) is 5. The van der Waals surface area contributed by atoms with E-state index in [2.05, 4.69) is 37.6 Å². The van der Waals surface area contributed by atoms with Gasteiger partial charge in [0, 0.05) is 31.9 Å². The molecule has 0 unspecified atom stereocenters. The maximum absolute atomic E-state index is 13.0. The van der Waals surface area contributed by atoms with Gasteiger partial charge >= 0.3 is 0 Å². The maximum atomic E-state index is 13.0. The van der Waals surface area contributed by atoms with Crippen molar-refractivity contribution < 1.29 is 4.79 Å². The number of piperazine rings is 1. The van der Waals surface area contributed by atoms with Crippen molar-refractivity contribution in [2.24, 2.45) is 0 Å². The summed E-state index contributed by atoms with van der Waals surface area (Å²) in [5, 5.41) is 5.51. The van der Waals surface area contributed by atoms with Crippen LogP contribution >= 0.6 is 23.7 Å². The summed E-state index contributed by atoms with van der Waals surface area (Å²) in [6, 6.07) is 0. The minimum absolute atomic E-state index is 0. The van der Waals surface area contributed by atoms with Gasteiger partial charge in [-0.25, -0.2) is 9.67 Å². The molecule has 0 saturated carbocycles. The van der Waals surface area contributed by atoms with Crippen molar-refractivity contribution in [2.75, 3.05) is 32.7 Å². The molecule has 0 aromatic carbocycles. The summed E-state index contributed by atoms with van der Waals surface area (Å²) in [5.74, 6) is 0.111. The zero-order valence-corrected chi connectivity index (χ0v) is 19.3. The first kappa shape index (κ1) is 22.8. The lowest BCUT2D eigenvalue weighted by molar-refractivity contribution is 0.0647. The Hall–Kier alpha value is -1.44. The molecule has 0 aliphatic carbocycles. The van der Waals surface area contributed by atoms with Gasteiger partial charge in [0.15, 0.2) is 0 Å². The van der Waals surface area contributed by atoms with E-state index in [1.54, 1.807) is 0 Å². The van der Waals surface area contributed by atoms with Crippen LogP contribution in [0.25, 0.3) is 5.13 Å². The highest BCUT2D eigenvalue weighted by Crippen LogP contribution is 2.26. The van der Waals surface area contributed by atoms with Crippen LogP contribution in [0.15, 0.2) is 0 Å². The smallest absolute Gasteiger partial charge is 0.266 e. The molecule has 3 rings (SSSR count). The molecule has 0 atom stereocenters. The lowest BCUT2D eigenvalue weighted by Gasteiger charge is -2.33. The molecule has 2 aromatic rings. The molecule has 2 aromatic heterocycles. The maximum Gasteiger partial charge on any atom is 0.266 e. The number of nitrogens with zero attached hydrogens (tertiary/aromatic N) is 5. The average molecular weight is 426 g/mol. The summed E-state index contributed by atoms with van der Waals surface area (Å²) in [6.45, 7) is 15.0. The number of likely N-dealkylation sites (N-methyl/N-ethyl adjacent to an activating group) is 1. The number of hydrogen-bond donors (Lipinski definition) is 0. The molecule has 8 heteroatoms. The van der Waals surface area contributed by atoms with E-state index < -0.39 is 0 Å². The Bertz CT molecular complexity index is 808. The van der Waals surface area contributed by atoms with Crippen molar-refractivity contribution in [3.05, 3.63) is 27.5 Å². The molecular formula is C20H32ClN5OS. The number of unbranched alkanes of at least 4 members (excludes halogenated alkanes) is 1. The first-order valence-corrected chi connectivity index (χ1v) is 10.8. The lowest BCUT2D eigenvalue weighted by Crippen LogP contribution is -2.48. The Morgan fingerprint density at radius 3 is 2.36 bits per heavy atom. The normalized spacial score (nSPS) is 15.0.